The number of hydrogen-bond acceptors (Lipinski definition) is 2. The first-order valence-electron chi connectivity index (χ1n) is 7.53. The maximum Gasteiger partial charge on any atom is 0.191 e. The van der Waals surface area contributed by atoms with Crippen molar-refractivity contribution in [3.63, 3.8) is 0 Å². The summed E-state index contributed by atoms with van der Waals surface area (Å²) in [5.74, 6) is 0.568. The number of aromatic hydroxyl groups is 1. The van der Waals surface area contributed by atoms with Crippen LogP contribution in [0.5, 0.6) is 5.75 Å². The molecule has 116 valence electrons. The van der Waals surface area contributed by atoms with Gasteiger partial charge in [-0.25, -0.2) is 4.39 Å². The number of nitrogens with one attached hydrogen (secondary N) is 2. The molecular formula is C16H24FN3O. The topological polar surface area (TPSA) is 56.7 Å². The molecule has 1 aromatic carbocycles. The van der Waals surface area contributed by atoms with Crippen LogP contribution in [0.1, 0.15) is 38.2 Å². The van der Waals surface area contributed by atoms with Gasteiger partial charge in [-0.2, -0.15) is 0 Å². The minimum absolute atomic E-state index is 0.322. The molecule has 2 unspecified atom stereocenters. The zero-order valence-corrected chi connectivity index (χ0v) is 12.7. The largest absolute Gasteiger partial charge is 0.505 e. The summed E-state index contributed by atoms with van der Waals surface area (Å²) in [7, 11) is 1.74. The van der Waals surface area contributed by atoms with Crippen LogP contribution in [-0.4, -0.2) is 24.2 Å². The molecule has 0 radical (unpaired) electrons. The molecular weight excluding hydrogens is 269 g/mol. The van der Waals surface area contributed by atoms with Crippen molar-refractivity contribution in [1.29, 1.82) is 0 Å². The number of nitrogens with zero attached hydrogens (tertiary/aromatic N) is 1. The molecule has 0 amide bonds. The molecule has 0 spiro atoms. The molecule has 2 atom stereocenters. The first-order valence-corrected chi connectivity index (χ1v) is 7.53. The van der Waals surface area contributed by atoms with E-state index in [2.05, 4.69) is 22.5 Å². The number of rotatable bonds is 3. The van der Waals surface area contributed by atoms with Gasteiger partial charge in [-0.15, -0.1) is 0 Å². The van der Waals surface area contributed by atoms with Crippen LogP contribution in [0.25, 0.3) is 0 Å². The number of hydrogen-bond donors (Lipinski definition) is 3. The van der Waals surface area contributed by atoms with Gasteiger partial charge >= 0.3 is 0 Å². The van der Waals surface area contributed by atoms with Gasteiger partial charge in [0.1, 0.15) is 0 Å². The van der Waals surface area contributed by atoms with E-state index < -0.39 is 5.82 Å². The molecule has 4 nitrogen and oxygen atoms in total. The summed E-state index contributed by atoms with van der Waals surface area (Å²) in [6.45, 7) is 2.75. The van der Waals surface area contributed by atoms with Gasteiger partial charge < -0.3 is 15.7 Å². The lowest BCUT2D eigenvalue weighted by Gasteiger charge is -2.28. The van der Waals surface area contributed by atoms with Crippen molar-refractivity contribution in [2.75, 3.05) is 7.05 Å². The first-order chi connectivity index (χ1) is 10.1. The number of halogens is 1. The van der Waals surface area contributed by atoms with Gasteiger partial charge in [-0.1, -0.05) is 25.8 Å². The molecule has 1 aliphatic carbocycles. The van der Waals surface area contributed by atoms with Crippen molar-refractivity contribution < 1.29 is 9.50 Å². The van der Waals surface area contributed by atoms with Crippen molar-refractivity contribution in [2.24, 2.45) is 10.9 Å². The van der Waals surface area contributed by atoms with Gasteiger partial charge in [-0.3, -0.25) is 4.99 Å². The average Bonchev–Trinajstić information content (AvgIpc) is 2.47. The van der Waals surface area contributed by atoms with Gasteiger partial charge in [0.2, 0.25) is 0 Å². The summed E-state index contributed by atoms with van der Waals surface area (Å²) >= 11 is 0. The van der Waals surface area contributed by atoms with Crippen molar-refractivity contribution in [3.05, 3.63) is 29.6 Å². The maximum absolute atomic E-state index is 13.3. The Hall–Kier alpha value is -1.78. The number of phenols is 1. The van der Waals surface area contributed by atoms with Gasteiger partial charge in [0.15, 0.2) is 17.5 Å². The fourth-order valence-corrected chi connectivity index (χ4v) is 2.80. The minimum Gasteiger partial charge on any atom is -0.505 e. The molecule has 0 heterocycles. The van der Waals surface area contributed by atoms with Gasteiger partial charge in [-0.05, 0) is 36.5 Å². The predicted molar refractivity (Wildman–Crippen MR) is 82.8 cm³/mol. The quantitative estimate of drug-likeness (QED) is 0.593. The lowest BCUT2D eigenvalue weighted by Crippen LogP contribution is -2.44. The molecule has 1 saturated carbocycles. The second kappa shape index (κ2) is 7.29. The molecule has 0 aliphatic heterocycles. The highest BCUT2D eigenvalue weighted by molar-refractivity contribution is 5.79. The summed E-state index contributed by atoms with van der Waals surface area (Å²) in [6, 6.07) is 4.85. The molecule has 5 heteroatoms. The summed E-state index contributed by atoms with van der Waals surface area (Å²) in [5, 5.41) is 15.8. The van der Waals surface area contributed by atoms with Crippen molar-refractivity contribution in [2.45, 2.75) is 45.2 Å². The highest BCUT2D eigenvalue weighted by Gasteiger charge is 2.19. The smallest absolute Gasteiger partial charge is 0.191 e. The SMILES string of the molecule is CN=C(NCc1ccc(O)c(F)c1)NC1CCCC(C)C1. The molecule has 0 aromatic heterocycles. The number of guanidine groups is 1. The van der Waals surface area contributed by atoms with Gasteiger partial charge in [0.25, 0.3) is 0 Å². The second-order valence-electron chi connectivity index (χ2n) is 5.82. The Morgan fingerprint density at radius 2 is 2.24 bits per heavy atom. The minimum atomic E-state index is -0.599. The zero-order valence-electron chi connectivity index (χ0n) is 12.7. The highest BCUT2D eigenvalue weighted by atomic mass is 19.1. The standard InChI is InChI=1S/C16H24FN3O/c1-11-4-3-5-13(8-11)20-16(18-2)19-10-12-6-7-15(21)14(17)9-12/h6-7,9,11,13,21H,3-5,8,10H2,1-2H3,(H2,18,19,20). The van der Waals surface area contributed by atoms with Crippen molar-refractivity contribution in [3.8, 4) is 5.75 Å². The number of phenolic OH excluding ortho intramolecular Hbond substituents is 1. The van der Waals surface area contributed by atoms with E-state index in [1.165, 1.54) is 31.4 Å². The van der Waals surface area contributed by atoms with Crippen molar-refractivity contribution in [1.82, 2.24) is 10.6 Å². The lowest BCUT2D eigenvalue weighted by molar-refractivity contribution is 0.324. The van der Waals surface area contributed by atoms with E-state index in [0.717, 1.165) is 23.9 Å². The van der Waals surface area contributed by atoms with Crippen LogP contribution in [0.4, 0.5) is 4.39 Å². The second-order valence-corrected chi connectivity index (χ2v) is 5.82. The third kappa shape index (κ3) is 4.62. The Morgan fingerprint density at radius 1 is 1.43 bits per heavy atom. The predicted octanol–water partition coefficient (Wildman–Crippen LogP) is 2.78. The van der Waals surface area contributed by atoms with E-state index in [9.17, 15) is 9.50 Å². The van der Waals surface area contributed by atoms with Gasteiger partial charge in [0.05, 0.1) is 0 Å². The summed E-state index contributed by atoms with van der Waals surface area (Å²) in [4.78, 5) is 4.21. The Balaban J connectivity index is 1.86. The Morgan fingerprint density at radius 3 is 2.90 bits per heavy atom. The lowest BCUT2D eigenvalue weighted by atomic mass is 9.87. The molecule has 21 heavy (non-hydrogen) atoms. The number of aliphatic imine (C=N–C) groups is 1. The molecule has 0 saturated heterocycles. The number of benzene rings is 1. The molecule has 1 aliphatic rings. The van der Waals surface area contributed by atoms with Crippen LogP contribution in [0.3, 0.4) is 0 Å². The summed E-state index contributed by atoms with van der Waals surface area (Å²) in [5.41, 5.74) is 0.769. The maximum atomic E-state index is 13.3. The first kappa shape index (κ1) is 15.6. The average molecular weight is 293 g/mol. The monoisotopic (exact) mass is 293 g/mol. The van der Waals surface area contributed by atoms with E-state index in [4.69, 9.17) is 0 Å². The molecule has 3 N–H and O–H groups in total. The molecule has 1 aromatic rings. The van der Waals surface area contributed by atoms with E-state index in [-0.39, 0.29) is 5.75 Å². The third-order valence-corrected chi connectivity index (χ3v) is 3.97. The molecule has 1 fully saturated rings. The normalized spacial score (nSPS) is 22.9. The Bertz CT molecular complexity index is 504. The summed E-state index contributed by atoms with van der Waals surface area (Å²) < 4.78 is 13.3. The third-order valence-electron chi connectivity index (χ3n) is 3.97. The van der Waals surface area contributed by atoms with Crippen LogP contribution in [0.2, 0.25) is 0 Å². The van der Waals surface area contributed by atoms with E-state index in [1.807, 2.05) is 0 Å². The van der Waals surface area contributed by atoms with Crippen LogP contribution in [0.15, 0.2) is 23.2 Å². The Kier molecular flexibility index (Phi) is 5.42. The van der Waals surface area contributed by atoms with Crippen LogP contribution < -0.4 is 10.6 Å². The van der Waals surface area contributed by atoms with Crippen LogP contribution >= 0.6 is 0 Å². The van der Waals surface area contributed by atoms with Crippen LogP contribution in [-0.2, 0) is 6.54 Å². The summed E-state index contributed by atoms with van der Waals surface area (Å²) in [6.07, 6.45) is 4.88. The highest BCUT2D eigenvalue weighted by Crippen LogP contribution is 2.23. The molecule has 0 bridgehead atoms. The van der Waals surface area contributed by atoms with Crippen molar-refractivity contribution >= 4 is 5.96 Å². The zero-order chi connectivity index (χ0) is 15.2. The fourth-order valence-electron chi connectivity index (χ4n) is 2.80. The van der Waals surface area contributed by atoms with E-state index >= 15 is 0 Å². The van der Waals surface area contributed by atoms with E-state index in [0.29, 0.717) is 12.6 Å². The Labute approximate surface area is 125 Å². The van der Waals surface area contributed by atoms with Crippen LogP contribution in [0, 0.1) is 11.7 Å². The molecule has 2 rings (SSSR count). The van der Waals surface area contributed by atoms with E-state index in [1.54, 1.807) is 13.1 Å². The fraction of sp³-hybridized carbons (Fsp3) is 0.562. The van der Waals surface area contributed by atoms with Gasteiger partial charge in [0, 0.05) is 19.6 Å².